The van der Waals surface area contributed by atoms with Crippen LogP contribution in [0.4, 0.5) is 11.5 Å². The fourth-order valence-corrected chi connectivity index (χ4v) is 8.86. The summed E-state index contributed by atoms with van der Waals surface area (Å²) in [5.74, 6) is -1.80. The zero-order chi connectivity index (χ0) is 56.5. The number of hydrogen-bond donors (Lipinski definition) is 4. The van der Waals surface area contributed by atoms with Gasteiger partial charge in [0.1, 0.15) is 17.9 Å². The maximum absolute atomic E-state index is 13.6. The van der Waals surface area contributed by atoms with Crippen LogP contribution in [0.3, 0.4) is 0 Å². The van der Waals surface area contributed by atoms with E-state index in [0.717, 1.165) is 32.1 Å². The zero-order valence-corrected chi connectivity index (χ0v) is 45.3. The number of nitrogens with one attached hydrogen (secondary N) is 4. The van der Waals surface area contributed by atoms with Crippen LogP contribution in [0, 0.1) is 11.3 Å². The Morgan fingerprint density at radius 2 is 1.38 bits per heavy atom. The van der Waals surface area contributed by atoms with E-state index in [2.05, 4.69) is 44.3 Å². The lowest BCUT2D eigenvalue weighted by Crippen LogP contribution is -2.54. The molecule has 6 amide bonds. The molecule has 0 bridgehead atoms. The molecule has 22 nitrogen and oxygen atoms in total. The van der Waals surface area contributed by atoms with Crippen molar-refractivity contribution in [1.29, 1.82) is 5.26 Å². The number of rotatable bonds is 35. The highest BCUT2D eigenvalue weighted by molar-refractivity contribution is 6.25. The summed E-state index contributed by atoms with van der Waals surface area (Å²) in [5, 5.41) is 26.0. The number of nitriles is 1. The smallest absolute Gasteiger partial charge is 0.264 e. The number of carbonyl (C=O) groups is 6. The van der Waals surface area contributed by atoms with Crippen LogP contribution < -0.4 is 21.3 Å². The average molecular weight is 1100 g/mol. The van der Waals surface area contributed by atoms with Crippen LogP contribution in [0.1, 0.15) is 82.0 Å². The van der Waals surface area contributed by atoms with Gasteiger partial charge in [0.2, 0.25) is 17.7 Å². The summed E-state index contributed by atoms with van der Waals surface area (Å²) in [7, 11) is 1.36. The Morgan fingerprint density at radius 1 is 0.725 bits per heavy atom. The second-order valence-corrected chi connectivity index (χ2v) is 18.9. The number of carbonyl (C=O) groups excluding carboxylic acids is 6. The molecule has 2 aliphatic rings. The quantitative estimate of drug-likeness (QED) is 0.0315. The molecule has 0 spiro atoms. The van der Waals surface area contributed by atoms with Crippen molar-refractivity contribution >= 4 is 46.9 Å². The van der Waals surface area contributed by atoms with Crippen molar-refractivity contribution in [3.05, 3.63) is 131 Å². The average Bonchev–Trinajstić information content (AvgIpc) is 4.15. The molecule has 0 radical (unpaired) electrons. The molecule has 2 aromatic heterocycles. The molecule has 0 saturated carbocycles. The molecule has 4 N–H and O–H groups in total. The van der Waals surface area contributed by atoms with Gasteiger partial charge in [-0.05, 0) is 66.3 Å². The molecule has 0 aliphatic carbocycles. The molecule has 7 rings (SSSR count). The minimum absolute atomic E-state index is 0.0695. The number of imide groups is 2. The maximum atomic E-state index is 13.6. The Kier molecular flexibility index (Phi) is 23.8. The van der Waals surface area contributed by atoms with Gasteiger partial charge >= 0.3 is 0 Å². The van der Waals surface area contributed by atoms with Gasteiger partial charge in [-0.25, -0.2) is 4.98 Å². The van der Waals surface area contributed by atoms with Crippen LogP contribution in [-0.2, 0) is 54.1 Å². The van der Waals surface area contributed by atoms with Crippen molar-refractivity contribution in [3.8, 4) is 17.2 Å². The van der Waals surface area contributed by atoms with Crippen LogP contribution >= 0.6 is 0 Å². The Labute approximate surface area is 465 Å². The molecule has 80 heavy (non-hydrogen) atoms. The zero-order valence-electron chi connectivity index (χ0n) is 45.3. The monoisotopic (exact) mass is 1100 g/mol. The number of aromatic nitrogens is 3. The third kappa shape index (κ3) is 17.6. The second kappa shape index (κ2) is 31.7. The van der Waals surface area contributed by atoms with Gasteiger partial charge in [-0.3, -0.25) is 43.2 Å². The highest BCUT2D eigenvalue weighted by Gasteiger charge is 2.47. The van der Waals surface area contributed by atoms with Gasteiger partial charge in [-0.15, -0.1) is 0 Å². The first-order valence-corrected chi connectivity index (χ1v) is 26.9. The molecule has 5 aromatic rings. The Morgan fingerprint density at radius 3 is 2.01 bits per heavy atom. The van der Waals surface area contributed by atoms with Crippen LogP contribution in [0.15, 0.2) is 104 Å². The van der Waals surface area contributed by atoms with Crippen LogP contribution in [0.25, 0.3) is 11.1 Å². The van der Waals surface area contributed by atoms with E-state index in [4.69, 9.17) is 33.7 Å². The van der Waals surface area contributed by atoms with Gasteiger partial charge in [0.25, 0.3) is 17.7 Å². The standard InChI is InChI=1S/C58H70N10O12/c1-41(43-15-13-42(36-59)14-16-43)37-63-54(44-8-4-3-5-9-44)55(71)65-50-19-17-45(38-62-50)46-39-64-67(40-46)23-7-12-51(69)61-22-25-76-27-29-78-31-33-80-35-34-79-32-30-77-28-26-75-24-21-60-48-11-6-10-47-53(48)58(74)68(56(47)72)49-18-20-52(70)66(2)57(49)73/h3-6,8-11,13-17,19,38-41,49,54,60,63H,7,12,18,20-35,37H2,1-2H3,(H,61,69)(H,62,65,71)/t41-,49?,54-/m1/s1. The van der Waals surface area contributed by atoms with E-state index in [1.54, 1.807) is 53.5 Å². The number of amides is 6. The highest BCUT2D eigenvalue weighted by Crippen LogP contribution is 2.33. The largest absolute Gasteiger partial charge is 0.382 e. The van der Waals surface area contributed by atoms with E-state index in [-0.39, 0.29) is 47.6 Å². The van der Waals surface area contributed by atoms with E-state index < -0.39 is 29.8 Å². The number of fused-ring (bicyclic) bond motifs is 1. The number of anilines is 2. The van der Waals surface area contributed by atoms with Crippen molar-refractivity contribution in [2.24, 2.45) is 0 Å². The van der Waals surface area contributed by atoms with Crippen molar-refractivity contribution in [3.63, 3.8) is 0 Å². The molecule has 3 atom stereocenters. The summed E-state index contributed by atoms with van der Waals surface area (Å²) in [5.41, 5.74) is 5.09. The van der Waals surface area contributed by atoms with Crippen molar-refractivity contribution < 1.29 is 57.2 Å². The van der Waals surface area contributed by atoms with Gasteiger partial charge < -0.3 is 49.7 Å². The molecular weight excluding hydrogens is 1030 g/mol. The van der Waals surface area contributed by atoms with Crippen LogP contribution in [0.2, 0.25) is 0 Å². The van der Waals surface area contributed by atoms with Crippen LogP contribution in [-0.4, -0.2) is 172 Å². The van der Waals surface area contributed by atoms with E-state index >= 15 is 0 Å². The highest BCUT2D eigenvalue weighted by atomic mass is 16.6. The lowest BCUT2D eigenvalue weighted by Gasteiger charge is -2.32. The first-order valence-electron chi connectivity index (χ1n) is 26.9. The maximum Gasteiger partial charge on any atom is 0.264 e. The Balaban J connectivity index is 0.638. The second-order valence-electron chi connectivity index (χ2n) is 18.9. The van der Waals surface area contributed by atoms with E-state index in [0.29, 0.717) is 135 Å². The molecule has 1 unspecified atom stereocenters. The van der Waals surface area contributed by atoms with Gasteiger partial charge in [0.15, 0.2) is 0 Å². The predicted octanol–water partition coefficient (Wildman–Crippen LogP) is 4.74. The first kappa shape index (κ1) is 59.9. The van der Waals surface area contributed by atoms with Gasteiger partial charge in [0, 0.05) is 75.3 Å². The van der Waals surface area contributed by atoms with E-state index in [1.165, 1.54) is 7.05 Å². The summed E-state index contributed by atoms with van der Waals surface area (Å²) < 4.78 is 35.2. The third-order valence-electron chi connectivity index (χ3n) is 13.3. The fourth-order valence-electron chi connectivity index (χ4n) is 8.86. The number of likely N-dealkylation sites (tertiary alicyclic amines) is 1. The number of benzene rings is 3. The normalized spacial score (nSPS) is 14.9. The fraction of sp³-hybridized carbons (Fsp3) is 0.431. The number of piperidine rings is 1. The lowest BCUT2D eigenvalue weighted by molar-refractivity contribution is -0.149. The van der Waals surface area contributed by atoms with E-state index in [1.807, 2.05) is 54.7 Å². The van der Waals surface area contributed by atoms with Crippen molar-refractivity contribution in [2.45, 2.75) is 57.2 Å². The van der Waals surface area contributed by atoms with Gasteiger partial charge in [-0.1, -0.05) is 55.5 Å². The molecule has 22 heteroatoms. The molecular formula is C58H70N10O12. The molecule has 1 saturated heterocycles. The molecule has 3 aromatic carbocycles. The minimum Gasteiger partial charge on any atom is -0.382 e. The summed E-state index contributed by atoms with van der Waals surface area (Å²) in [6.07, 6.45) is 6.46. The molecule has 1 fully saturated rings. The summed E-state index contributed by atoms with van der Waals surface area (Å²) in [6.45, 7) is 8.55. The van der Waals surface area contributed by atoms with Gasteiger partial charge in [-0.2, -0.15) is 10.4 Å². The predicted molar refractivity (Wildman–Crippen MR) is 294 cm³/mol. The van der Waals surface area contributed by atoms with Crippen LogP contribution in [0.5, 0.6) is 0 Å². The summed E-state index contributed by atoms with van der Waals surface area (Å²) in [4.78, 5) is 83.6. The Bertz CT molecular complexity index is 2860. The molecule has 424 valence electrons. The minimum atomic E-state index is -1.01. The summed E-state index contributed by atoms with van der Waals surface area (Å²) >= 11 is 0. The van der Waals surface area contributed by atoms with E-state index in [9.17, 15) is 28.8 Å². The SMILES string of the molecule is C[C@H](CN[C@@H](C(=O)Nc1ccc(-c2cnn(CCCC(=O)NCCOCCOCCOCCOCCOCCOCCNc3cccc4c3C(=O)N(C3CCC(=O)N(C)C3=O)C4=O)c2)cn1)c1ccccc1)c1ccc(C#N)cc1. The summed E-state index contributed by atoms with van der Waals surface area (Å²) in [6, 6.07) is 26.1. The lowest BCUT2D eigenvalue weighted by atomic mass is 9.98. The van der Waals surface area contributed by atoms with Gasteiger partial charge in [0.05, 0.1) is 108 Å². The molecule has 2 aliphatic heterocycles. The third-order valence-corrected chi connectivity index (χ3v) is 13.3. The number of nitrogens with zero attached hydrogens (tertiary/aromatic N) is 6. The number of ether oxygens (including phenoxy) is 6. The van der Waals surface area contributed by atoms with Crippen molar-refractivity contribution in [1.82, 2.24) is 35.2 Å². The number of hydrogen-bond acceptors (Lipinski definition) is 17. The number of aryl methyl sites for hydroxylation is 1. The van der Waals surface area contributed by atoms with Crippen molar-refractivity contribution in [2.75, 3.05) is 117 Å². The number of pyridine rings is 1. The Hall–Kier alpha value is -7.75. The topological polar surface area (TPSA) is 267 Å². The molecule has 4 heterocycles. The number of likely N-dealkylation sites (N-methyl/N-ethyl adjacent to an activating group) is 1. The first-order chi connectivity index (χ1) is 39.0.